The maximum Gasteiger partial charge on any atom is 0.236 e. The number of fused-ring (bicyclic) bond motifs is 1. The van der Waals surface area contributed by atoms with E-state index in [0.717, 1.165) is 0 Å². The van der Waals surface area contributed by atoms with Crippen LogP contribution in [0.25, 0.3) is 0 Å². The van der Waals surface area contributed by atoms with Crippen LogP contribution in [0.4, 0.5) is 5.82 Å². The van der Waals surface area contributed by atoms with Crippen molar-refractivity contribution in [3.8, 4) is 0 Å². The topological polar surface area (TPSA) is 72.0 Å². The summed E-state index contributed by atoms with van der Waals surface area (Å²) in [4.78, 5) is 22.9. The highest BCUT2D eigenvalue weighted by atomic mass is 16.2. The van der Waals surface area contributed by atoms with Crippen molar-refractivity contribution in [2.24, 2.45) is 5.92 Å². The van der Waals surface area contributed by atoms with Gasteiger partial charge in [-0.3, -0.25) is 9.59 Å². The zero-order valence-corrected chi connectivity index (χ0v) is 7.87. The van der Waals surface area contributed by atoms with Gasteiger partial charge < -0.3 is 5.32 Å². The average Bonchev–Trinajstić information content (AvgIpc) is 2.16. The third-order valence-electron chi connectivity index (χ3n) is 2.21. The van der Waals surface area contributed by atoms with E-state index in [4.69, 9.17) is 0 Å². The van der Waals surface area contributed by atoms with Crippen LogP contribution in [0.5, 0.6) is 0 Å². The summed E-state index contributed by atoms with van der Waals surface area (Å²) in [5, 5.41) is 10.1. The van der Waals surface area contributed by atoms with Crippen LogP contribution < -0.4 is 5.32 Å². The predicted octanol–water partition coefficient (Wildman–Crippen LogP) is 0.556. The van der Waals surface area contributed by atoms with Gasteiger partial charge in [-0.1, -0.05) is 0 Å². The van der Waals surface area contributed by atoms with E-state index in [1.165, 1.54) is 0 Å². The summed E-state index contributed by atoms with van der Waals surface area (Å²) in [6.45, 7) is 3.33. The Morgan fingerprint density at radius 2 is 2.07 bits per heavy atom. The molecule has 2 rings (SSSR count). The van der Waals surface area contributed by atoms with Gasteiger partial charge in [-0.05, 0) is 19.9 Å². The van der Waals surface area contributed by atoms with Gasteiger partial charge in [0.2, 0.25) is 5.91 Å². The quantitative estimate of drug-likeness (QED) is 0.608. The number of carbonyl (C=O) groups excluding carboxylic acids is 2. The Kier molecular flexibility index (Phi) is 1.80. The van der Waals surface area contributed by atoms with E-state index in [-0.39, 0.29) is 17.5 Å². The van der Waals surface area contributed by atoms with E-state index in [9.17, 15) is 9.59 Å². The van der Waals surface area contributed by atoms with E-state index in [2.05, 4.69) is 15.5 Å². The lowest BCUT2D eigenvalue weighted by atomic mass is 9.95. The molecular weight excluding hydrogens is 182 g/mol. The number of Topliss-reactive ketones (excluding diaryl/α,β-unsaturated/α-hetero) is 1. The highest BCUT2D eigenvalue weighted by Gasteiger charge is 2.31. The Morgan fingerprint density at radius 3 is 2.79 bits per heavy atom. The zero-order valence-electron chi connectivity index (χ0n) is 7.87. The van der Waals surface area contributed by atoms with Crippen molar-refractivity contribution in [2.45, 2.75) is 13.8 Å². The van der Waals surface area contributed by atoms with Gasteiger partial charge in [-0.25, -0.2) is 0 Å². The van der Waals surface area contributed by atoms with Crippen LogP contribution in [-0.2, 0) is 4.79 Å². The number of rotatable bonds is 0. The van der Waals surface area contributed by atoms with Crippen LogP contribution in [0.2, 0.25) is 0 Å². The molecule has 0 fully saturated rings. The third kappa shape index (κ3) is 1.17. The Bertz CT molecular complexity index is 428. The first-order valence-corrected chi connectivity index (χ1v) is 4.29. The van der Waals surface area contributed by atoms with Gasteiger partial charge in [0.25, 0.3) is 0 Å². The molecule has 1 aliphatic heterocycles. The maximum absolute atomic E-state index is 11.7. The summed E-state index contributed by atoms with van der Waals surface area (Å²) >= 11 is 0. The summed E-state index contributed by atoms with van der Waals surface area (Å²) in [5.41, 5.74) is 1.12. The van der Waals surface area contributed by atoms with Crippen LogP contribution in [0.3, 0.4) is 0 Å². The lowest BCUT2D eigenvalue weighted by Gasteiger charge is -2.18. The first-order chi connectivity index (χ1) is 6.59. The minimum Gasteiger partial charge on any atom is -0.308 e. The number of amides is 1. The summed E-state index contributed by atoms with van der Waals surface area (Å²) in [7, 11) is 0. The predicted molar refractivity (Wildman–Crippen MR) is 48.9 cm³/mol. The molecule has 0 spiro atoms. The second kappa shape index (κ2) is 2.87. The molecule has 1 aromatic heterocycles. The Hall–Kier alpha value is -1.78. The minimum absolute atomic E-state index is 0.193. The fourth-order valence-corrected chi connectivity index (χ4v) is 1.35. The van der Waals surface area contributed by atoms with Crippen LogP contribution in [-0.4, -0.2) is 21.9 Å². The second-order valence-corrected chi connectivity index (χ2v) is 3.32. The van der Waals surface area contributed by atoms with E-state index in [1.54, 1.807) is 19.9 Å². The lowest BCUT2D eigenvalue weighted by Crippen LogP contribution is -2.34. The smallest absolute Gasteiger partial charge is 0.236 e. The van der Waals surface area contributed by atoms with E-state index in [0.29, 0.717) is 11.3 Å². The monoisotopic (exact) mass is 191 g/mol. The minimum atomic E-state index is -0.633. The maximum atomic E-state index is 11.7. The number of nitrogens with zero attached hydrogens (tertiary/aromatic N) is 2. The molecule has 5 heteroatoms. The Balaban J connectivity index is 2.57. The summed E-state index contributed by atoms with van der Waals surface area (Å²) in [6, 6.07) is 1.64. The van der Waals surface area contributed by atoms with Gasteiger partial charge in [0.05, 0.1) is 17.2 Å². The molecular formula is C9H9N3O2. The molecule has 1 atom stereocenters. The van der Waals surface area contributed by atoms with E-state index in [1.807, 2.05) is 0 Å². The van der Waals surface area contributed by atoms with E-state index >= 15 is 0 Å². The van der Waals surface area contributed by atoms with Gasteiger partial charge in [0.1, 0.15) is 0 Å². The number of anilines is 1. The van der Waals surface area contributed by atoms with Crippen molar-refractivity contribution in [1.29, 1.82) is 0 Å². The SMILES string of the molecule is Cc1cc2c(nn1)NC(=O)C(C)C2=O. The van der Waals surface area contributed by atoms with Gasteiger partial charge in [0.15, 0.2) is 11.6 Å². The van der Waals surface area contributed by atoms with Gasteiger partial charge in [-0.15, -0.1) is 5.10 Å². The Labute approximate surface area is 80.5 Å². The fourth-order valence-electron chi connectivity index (χ4n) is 1.35. The molecule has 0 aromatic carbocycles. The van der Waals surface area contributed by atoms with Crippen molar-refractivity contribution < 1.29 is 9.59 Å². The van der Waals surface area contributed by atoms with Gasteiger partial charge in [0, 0.05) is 0 Å². The normalized spacial score (nSPS) is 20.3. The molecule has 14 heavy (non-hydrogen) atoms. The number of aromatic nitrogens is 2. The van der Waals surface area contributed by atoms with Crippen molar-refractivity contribution in [3.63, 3.8) is 0 Å². The first-order valence-electron chi connectivity index (χ1n) is 4.29. The number of carbonyl (C=O) groups is 2. The molecule has 0 aliphatic carbocycles. The average molecular weight is 191 g/mol. The third-order valence-corrected chi connectivity index (χ3v) is 2.21. The molecule has 1 N–H and O–H groups in total. The largest absolute Gasteiger partial charge is 0.308 e. The first kappa shape index (κ1) is 8.80. The lowest BCUT2D eigenvalue weighted by molar-refractivity contribution is -0.118. The standard InChI is InChI=1S/C9H9N3O2/c1-4-3-6-7(13)5(2)9(14)10-8(6)12-11-4/h3,5H,1-2H3,(H,10,12,14). The molecule has 1 aromatic rings. The van der Waals surface area contributed by atoms with E-state index < -0.39 is 5.92 Å². The van der Waals surface area contributed by atoms with Gasteiger partial charge in [-0.2, -0.15) is 5.10 Å². The molecule has 1 unspecified atom stereocenters. The summed E-state index contributed by atoms with van der Waals surface area (Å²) in [5.74, 6) is -0.878. The van der Waals surface area contributed by atoms with Crippen LogP contribution >= 0.6 is 0 Å². The number of hydrogen-bond donors (Lipinski definition) is 1. The van der Waals surface area contributed by atoms with Crippen molar-refractivity contribution in [1.82, 2.24) is 10.2 Å². The Morgan fingerprint density at radius 1 is 1.36 bits per heavy atom. The number of ketones is 1. The van der Waals surface area contributed by atoms with Crippen LogP contribution in [0.15, 0.2) is 6.07 Å². The van der Waals surface area contributed by atoms with Crippen molar-refractivity contribution >= 4 is 17.5 Å². The highest BCUT2D eigenvalue weighted by Crippen LogP contribution is 2.22. The number of aryl methyl sites for hydroxylation is 1. The van der Waals surface area contributed by atoms with Crippen LogP contribution in [0, 0.1) is 12.8 Å². The molecule has 5 nitrogen and oxygen atoms in total. The molecule has 0 bridgehead atoms. The zero-order chi connectivity index (χ0) is 10.3. The second-order valence-electron chi connectivity index (χ2n) is 3.32. The molecule has 0 saturated heterocycles. The van der Waals surface area contributed by atoms with Gasteiger partial charge >= 0.3 is 0 Å². The van der Waals surface area contributed by atoms with Crippen molar-refractivity contribution in [3.05, 3.63) is 17.3 Å². The summed E-state index contributed by atoms with van der Waals surface area (Å²) < 4.78 is 0. The molecule has 1 aliphatic rings. The molecule has 2 heterocycles. The molecule has 72 valence electrons. The van der Waals surface area contributed by atoms with Crippen molar-refractivity contribution in [2.75, 3.05) is 5.32 Å². The molecule has 1 amide bonds. The summed E-state index contributed by atoms with van der Waals surface area (Å²) in [6.07, 6.45) is 0. The van der Waals surface area contributed by atoms with Crippen LogP contribution in [0.1, 0.15) is 23.0 Å². The molecule has 0 saturated carbocycles. The number of nitrogens with one attached hydrogen (secondary N) is 1. The highest BCUT2D eigenvalue weighted by molar-refractivity contribution is 6.19. The fraction of sp³-hybridized carbons (Fsp3) is 0.333. The number of hydrogen-bond acceptors (Lipinski definition) is 4. The molecule has 0 radical (unpaired) electrons.